The van der Waals surface area contributed by atoms with E-state index in [-0.39, 0.29) is 0 Å². The summed E-state index contributed by atoms with van der Waals surface area (Å²) in [6, 6.07) is 14.6. The summed E-state index contributed by atoms with van der Waals surface area (Å²) in [6.07, 6.45) is 3.06. The predicted octanol–water partition coefficient (Wildman–Crippen LogP) is 5.29. The normalized spacial score (nSPS) is 11.4. The minimum atomic E-state index is 0.720. The fraction of sp³-hybridized carbons (Fsp3) is 0.292. The fourth-order valence-corrected chi connectivity index (χ4v) is 4.16. The van der Waals surface area contributed by atoms with Gasteiger partial charge in [0.15, 0.2) is 0 Å². The Bertz CT molecular complexity index is 1140. The highest BCUT2D eigenvalue weighted by molar-refractivity contribution is 5.95. The van der Waals surface area contributed by atoms with Crippen molar-refractivity contribution in [2.45, 2.75) is 33.1 Å². The van der Waals surface area contributed by atoms with Gasteiger partial charge < -0.3 is 15.5 Å². The molecule has 0 atom stereocenters. The molecule has 28 heavy (non-hydrogen) atoms. The van der Waals surface area contributed by atoms with E-state index in [1.165, 1.54) is 27.6 Å². The van der Waals surface area contributed by atoms with Crippen LogP contribution in [-0.2, 0) is 6.42 Å². The lowest BCUT2D eigenvalue weighted by Crippen LogP contribution is -2.00. The summed E-state index contributed by atoms with van der Waals surface area (Å²) in [6.45, 7) is 5.05. The van der Waals surface area contributed by atoms with E-state index in [4.69, 9.17) is 15.5 Å². The van der Waals surface area contributed by atoms with E-state index in [1.54, 1.807) is 7.11 Å². The average Bonchev–Trinajstić information content (AvgIpc) is 3.06. The third-order valence-corrected chi connectivity index (χ3v) is 5.38. The Labute approximate surface area is 165 Å². The molecule has 0 fully saturated rings. The second kappa shape index (κ2) is 7.64. The first-order valence-electron chi connectivity index (χ1n) is 9.88. The highest BCUT2D eigenvalue weighted by Crippen LogP contribution is 2.36. The van der Waals surface area contributed by atoms with Crippen LogP contribution in [0.4, 0.5) is 0 Å². The third-order valence-electron chi connectivity index (χ3n) is 5.38. The van der Waals surface area contributed by atoms with Gasteiger partial charge in [0.1, 0.15) is 5.75 Å². The molecule has 0 bridgehead atoms. The van der Waals surface area contributed by atoms with Crippen LogP contribution in [-0.4, -0.2) is 23.6 Å². The number of nitrogens with zero attached hydrogens (tertiary/aromatic N) is 1. The van der Waals surface area contributed by atoms with Crippen LogP contribution in [0.1, 0.15) is 29.5 Å². The van der Waals surface area contributed by atoms with E-state index in [0.29, 0.717) is 0 Å². The topological polar surface area (TPSA) is 63.9 Å². The summed E-state index contributed by atoms with van der Waals surface area (Å²) in [7, 11) is 1.71. The Morgan fingerprint density at radius 3 is 2.68 bits per heavy atom. The zero-order valence-corrected chi connectivity index (χ0v) is 16.8. The number of nitrogens with two attached hydrogens (primary N) is 1. The van der Waals surface area contributed by atoms with Crippen molar-refractivity contribution < 1.29 is 4.74 Å². The van der Waals surface area contributed by atoms with E-state index in [9.17, 15) is 0 Å². The van der Waals surface area contributed by atoms with E-state index in [0.717, 1.165) is 53.8 Å². The van der Waals surface area contributed by atoms with Crippen molar-refractivity contribution in [1.82, 2.24) is 9.97 Å². The van der Waals surface area contributed by atoms with Crippen LogP contribution in [0.15, 0.2) is 42.5 Å². The highest BCUT2D eigenvalue weighted by atomic mass is 16.5. The lowest BCUT2D eigenvalue weighted by atomic mass is 9.98. The van der Waals surface area contributed by atoms with Gasteiger partial charge in [0.2, 0.25) is 0 Å². The van der Waals surface area contributed by atoms with Crippen LogP contribution in [0, 0.1) is 13.8 Å². The molecule has 4 heteroatoms. The molecule has 0 aliphatic rings. The molecule has 0 aliphatic carbocycles. The summed E-state index contributed by atoms with van der Waals surface area (Å²) >= 11 is 0. The van der Waals surface area contributed by atoms with Gasteiger partial charge in [-0.3, -0.25) is 0 Å². The summed E-state index contributed by atoms with van der Waals surface area (Å²) in [5.41, 5.74) is 13.7. The molecule has 0 saturated carbocycles. The maximum atomic E-state index is 5.74. The minimum absolute atomic E-state index is 0.720. The summed E-state index contributed by atoms with van der Waals surface area (Å²) in [5.74, 6) is 0.847. The number of pyridine rings is 1. The summed E-state index contributed by atoms with van der Waals surface area (Å²) in [4.78, 5) is 8.61. The van der Waals surface area contributed by atoms with Crippen LogP contribution < -0.4 is 10.5 Å². The molecule has 0 saturated heterocycles. The number of hydrogen-bond acceptors (Lipinski definition) is 3. The lowest BCUT2D eigenvalue weighted by Gasteiger charge is -2.10. The third kappa shape index (κ3) is 3.25. The van der Waals surface area contributed by atoms with Crippen LogP contribution in [0.3, 0.4) is 0 Å². The number of ether oxygens (including phenoxy) is 1. The van der Waals surface area contributed by atoms with Crippen molar-refractivity contribution in [3.63, 3.8) is 0 Å². The van der Waals surface area contributed by atoms with Crippen LogP contribution in [0.2, 0.25) is 0 Å². The van der Waals surface area contributed by atoms with Gasteiger partial charge in [-0.1, -0.05) is 18.2 Å². The van der Waals surface area contributed by atoms with Gasteiger partial charge in [0.25, 0.3) is 0 Å². The molecule has 0 spiro atoms. The van der Waals surface area contributed by atoms with E-state index < -0.39 is 0 Å². The molecule has 4 nitrogen and oxygen atoms in total. The number of para-hydroxylation sites is 1. The molecule has 2 aromatic heterocycles. The number of unbranched alkanes of at least 4 members (excludes halogenated alkanes) is 1. The van der Waals surface area contributed by atoms with Crippen molar-refractivity contribution in [3.05, 3.63) is 59.2 Å². The van der Waals surface area contributed by atoms with Crippen molar-refractivity contribution in [2.75, 3.05) is 13.7 Å². The largest absolute Gasteiger partial charge is 0.496 e. The molecule has 0 unspecified atom stereocenters. The van der Waals surface area contributed by atoms with Gasteiger partial charge in [-0.05, 0) is 74.5 Å². The molecular weight excluding hydrogens is 346 g/mol. The average molecular weight is 374 g/mol. The molecule has 2 heterocycles. The predicted molar refractivity (Wildman–Crippen MR) is 117 cm³/mol. The van der Waals surface area contributed by atoms with Crippen LogP contribution in [0.5, 0.6) is 5.75 Å². The SMILES string of the molecule is COc1cc(-c2[nH]c3cc(C)cc(C)c3c2CCCCN)nc2ccccc12. The number of aromatic nitrogens is 2. The number of hydrogen-bond donors (Lipinski definition) is 2. The number of aryl methyl sites for hydroxylation is 3. The molecule has 3 N–H and O–H groups in total. The molecule has 144 valence electrons. The van der Waals surface area contributed by atoms with Crippen molar-refractivity contribution in [3.8, 4) is 17.1 Å². The molecule has 4 aromatic rings. The minimum Gasteiger partial charge on any atom is -0.496 e. The van der Waals surface area contributed by atoms with Crippen molar-refractivity contribution >= 4 is 21.8 Å². The second-order valence-corrected chi connectivity index (χ2v) is 7.46. The standard InChI is InChI=1S/C24H27N3O/c1-15-12-16(2)23-18(9-6-7-11-25)24(27-20(23)13-15)21-14-22(28-3)17-8-4-5-10-19(17)26-21/h4-5,8,10,12-14,27H,6-7,9,11,25H2,1-3H3. The second-order valence-electron chi connectivity index (χ2n) is 7.46. The number of rotatable bonds is 6. The number of benzene rings is 2. The smallest absolute Gasteiger partial charge is 0.130 e. The Kier molecular flexibility index (Phi) is 5.05. The van der Waals surface area contributed by atoms with E-state index in [2.05, 4.69) is 31.0 Å². The lowest BCUT2D eigenvalue weighted by molar-refractivity contribution is 0.419. The zero-order chi connectivity index (χ0) is 19.7. The van der Waals surface area contributed by atoms with Crippen molar-refractivity contribution in [2.24, 2.45) is 5.73 Å². The fourth-order valence-electron chi connectivity index (χ4n) is 4.16. The number of H-pyrrole nitrogens is 1. The number of methoxy groups -OCH3 is 1. The number of aromatic amines is 1. The van der Waals surface area contributed by atoms with Crippen molar-refractivity contribution in [1.29, 1.82) is 0 Å². The number of nitrogens with one attached hydrogen (secondary N) is 1. The van der Waals surface area contributed by atoms with Crippen LogP contribution >= 0.6 is 0 Å². The summed E-state index contributed by atoms with van der Waals surface area (Å²) in [5, 5.41) is 2.34. The molecule has 2 aromatic carbocycles. The highest BCUT2D eigenvalue weighted by Gasteiger charge is 2.18. The Balaban J connectivity index is 1.96. The Hall–Kier alpha value is -2.85. The van der Waals surface area contributed by atoms with Gasteiger partial charge in [0, 0.05) is 22.4 Å². The Morgan fingerprint density at radius 2 is 1.89 bits per heavy atom. The van der Waals surface area contributed by atoms with Gasteiger partial charge in [-0.15, -0.1) is 0 Å². The van der Waals surface area contributed by atoms with Gasteiger partial charge in [0.05, 0.1) is 24.0 Å². The van der Waals surface area contributed by atoms with Gasteiger partial charge in [-0.2, -0.15) is 0 Å². The first kappa shape index (κ1) is 18.5. The molecule has 0 amide bonds. The van der Waals surface area contributed by atoms with Gasteiger partial charge >= 0.3 is 0 Å². The Morgan fingerprint density at radius 1 is 1.07 bits per heavy atom. The summed E-state index contributed by atoms with van der Waals surface area (Å²) < 4.78 is 5.67. The van der Waals surface area contributed by atoms with E-state index in [1.807, 2.05) is 30.3 Å². The zero-order valence-electron chi connectivity index (χ0n) is 16.8. The maximum absolute atomic E-state index is 5.74. The quantitative estimate of drug-likeness (QED) is 0.451. The van der Waals surface area contributed by atoms with E-state index >= 15 is 0 Å². The first-order chi connectivity index (χ1) is 13.6. The maximum Gasteiger partial charge on any atom is 0.130 e. The molecular formula is C24H27N3O. The molecule has 0 radical (unpaired) electrons. The van der Waals surface area contributed by atoms with Gasteiger partial charge in [-0.25, -0.2) is 4.98 Å². The number of fused-ring (bicyclic) bond motifs is 2. The van der Waals surface area contributed by atoms with Crippen LogP contribution in [0.25, 0.3) is 33.2 Å². The first-order valence-corrected chi connectivity index (χ1v) is 9.88. The monoisotopic (exact) mass is 373 g/mol. The molecule has 0 aliphatic heterocycles. The molecule has 4 rings (SSSR count).